The van der Waals surface area contributed by atoms with Gasteiger partial charge in [-0.1, -0.05) is 0 Å². The van der Waals surface area contributed by atoms with Gasteiger partial charge in [-0.2, -0.15) is 5.26 Å². The average Bonchev–Trinajstić information content (AvgIpc) is 2.46. The molecule has 1 aromatic rings. The number of piperidine rings is 1. The van der Waals surface area contributed by atoms with E-state index in [1.54, 1.807) is 4.90 Å². The van der Waals surface area contributed by atoms with Crippen LogP contribution in [0.15, 0.2) is 24.3 Å². The van der Waals surface area contributed by atoms with Crippen molar-refractivity contribution in [3.63, 3.8) is 0 Å². The smallest absolute Gasteiger partial charge is 0.335 e. The van der Waals surface area contributed by atoms with Gasteiger partial charge in [0, 0.05) is 18.7 Å². The minimum atomic E-state index is -1.01. The number of rotatable bonds is 2. The third-order valence-corrected chi connectivity index (χ3v) is 3.63. The number of hydrogen-bond acceptors (Lipinski definition) is 3. The molecule has 1 N–H and O–H groups in total. The molecular weight excluding hydrogens is 256 g/mol. The van der Waals surface area contributed by atoms with E-state index in [0.29, 0.717) is 18.7 Å². The summed E-state index contributed by atoms with van der Waals surface area (Å²) in [5.74, 6) is -1.16. The maximum absolute atomic E-state index is 12.4. The van der Waals surface area contributed by atoms with E-state index >= 15 is 0 Å². The van der Waals surface area contributed by atoms with Gasteiger partial charge in [0.2, 0.25) is 0 Å². The van der Waals surface area contributed by atoms with Crippen molar-refractivity contribution in [3.8, 4) is 6.07 Å². The van der Waals surface area contributed by atoms with Crippen LogP contribution in [0.25, 0.3) is 0 Å². The molecule has 1 aliphatic rings. The molecule has 0 radical (unpaired) electrons. The van der Waals surface area contributed by atoms with E-state index in [0.717, 1.165) is 12.8 Å². The second-order valence-electron chi connectivity index (χ2n) is 5.39. The second kappa shape index (κ2) is 5.33. The molecule has 0 bridgehead atoms. The quantitative estimate of drug-likeness (QED) is 0.894. The van der Waals surface area contributed by atoms with Crippen LogP contribution in [0.3, 0.4) is 0 Å². The minimum Gasteiger partial charge on any atom is -0.478 e. The van der Waals surface area contributed by atoms with E-state index < -0.39 is 11.4 Å². The molecule has 2 rings (SSSR count). The first-order chi connectivity index (χ1) is 9.45. The summed E-state index contributed by atoms with van der Waals surface area (Å²) in [4.78, 5) is 24.8. The normalized spacial score (nSPS) is 22.1. The fourth-order valence-corrected chi connectivity index (χ4v) is 2.44. The summed E-state index contributed by atoms with van der Waals surface area (Å²) in [5.41, 5.74) is 0.119. The van der Waals surface area contributed by atoms with Crippen LogP contribution in [-0.2, 0) is 0 Å². The number of nitrogens with zero attached hydrogens (tertiary/aromatic N) is 2. The highest BCUT2D eigenvalue weighted by Gasteiger charge is 2.33. The fraction of sp³-hybridized carbons (Fsp3) is 0.400. The van der Waals surface area contributed by atoms with Crippen molar-refractivity contribution < 1.29 is 14.7 Å². The van der Waals surface area contributed by atoms with Crippen LogP contribution in [0.4, 0.5) is 0 Å². The molecule has 0 saturated carbocycles. The molecular formula is C15H16N2O3. The lowest BCUT2D eigenvalue weighted by molar-refractivity contribution is 0.0628. The van der Waals surface area contributed by atoms with Crippen LogP contribution in [0.5, 0.6) is 0 Å². The van der Waals surface area contributed by atoms with E-state index in [4.69, 9.17) is 10.4 Å². The zero-order chi connectivity index (χ0) is 14.8. The zero-order valence-corrected chi connectivity index (χ0v) is 11.3. The summed E-state index contributed by atoms with van der Waals surface area (Å²) in [6, 6.07) is 8.14. The largest absolute Gasteiger partial charge is 0.478 e. The van der Waals surface area contributed by atoms with E-state index in [2.05, 4.69) is 6.07 Å². The maximum Gasteiger partial charge on any atom is 0.335 e. The van der Waals surface area contributed by atoms with Crippen LogP contribution >= 0.6 is 0 Å². The third-order valence-electron chi connectivity index (χ3n) is 3.63. The van der Waals surface area contributed by atoms with Crippen molar-refractivity contribution in [1.29, 1.82) is 5.26 Å². The fourth-order valence-electron chi connectivity index (χ4n) is 2.44. The monoisotopic (exact) mass is 272 g/mol. The predicted octanol–water partition coefficient (Wildman–Crippen LogP) is 2.15. The summed E-state index contributed by atoms with van der Waals surface area (Å²) in [7, 11) is 0. The van der Waals surface area contributed by atoms with E-state index in [1.165, 1.54) is 24.3 Å². The van der Waals surface area contributed by atoms with E-state index in [9.17, 15) is 9.59 Å². The lowest BCUT2D eigenvalue weighted by atomic mass is 9.83. The lowest BCUT2D eigenvalue weighted by Crippen LogP contribution is -2.44. The molecule has 1 amide bonds. The Morgan fingerprint density at radius 1 is 1.30 bits per heavy atom. The lowest BCUT2D eigenvalue weighted by Gasteiger charge is -2.36. The van der Waals surface area contributed by atoms with Crippen molar-refractivity contribution in [3.05, 3.63) is 35.4 Å². The van der Waals surface area contributed by atoms with Crippen LogP contribution < -0.4 is 0 Å². The highest BCUT2D eigenvalue weighted by atomic mass is 16.4. The Balaban J connectivity index is 2.15. The van der Waals surface area contributed by atoms with Crippen LogP contribution in [0.2, 0.25) is 0 Å². The molecule has 1 saturated heterocycles. The first-order valence-corrected chi connectivity index (χ1v) is 6.49. The highest BCUT2D eigenvalue weighted by molar-refractivity contribution is 5.96. The molecule has 5 heteroatoms. The van der Waals surface area contributed by atoms with Gasteiger partial charge in [0.1, 0.15) is 0 Å². The zero-order valence-electron chi connectivity index (χ0n) is 11.3. The number of carboxylic acid groups (broad SMARTS) is 1. The molecule has 0 aromatic heterocycles. The number of likely N-dealkylation sites (tertiary alicyclic amines) is 1. The molecule has 5 nitrogen and oxygen atoms in total. The Kier molecular flexibility index (Phi) is 3.75. The molecule has 1 aromatic carbocycles. The number of nitriles is 1. The van der Waals surface area contributed by atoms with Gasteiger partial charge >= 0.3 is 5.97 Å². The van der Waals surface area contributed by atoms with Gasteiger partial charge in [-0.15, -0.1) is 0 Å². The Morgan fingerprint density at radius 2 is 1.90 bits per heavy atom. The number of benzene rings is 1. The summed E-state index contributed by atoms with van der Waals surface area (Å²) >= 11 is 0. The molecule has 1 unspecified atom stereocenters. The number of amides is 1. The maximum atomic E-state index is 12.4. The Bertz CT molecular complexity index is 574. The topological polar surface area (TPSA) is 81.4 Å². The molecule has 1 fully saturated rings. The van der Waals surface area contributed by atoms with Gasteiger partial charge in [-0.05, 0) is 44.0 Å². The van der Waals surface area contributed by atoms with Gasteiger partial charge in [0.25, 0.3) is 5.91 Å². The van der Waals surface area contributed by atoms with Crippen molar-refractivity contribution in [1.82, 2.24) is 4.90 Å². The Labute approximate surface area is 117 Å². The third kappa shape index (κ3) is 2.80. The average molecular weight is 272 g/mol. The number of hydrogen-bond donors (Lipinski definition) is 1. The summed E-state index contributed by atoms with van der Waals surface area (Å²) in [5, 5.41) is 18.0. The first kappa shape index (κ1) is 14.1. The Morgan fingerprint density at radius 3 is 2.45 bits per heavy atom. The van der Waals surface area contributed by atoms with Gasteiger partial charge in [-0.3, -0.25) is 4.79 Å². The Hall–Kier alpha value is -2.35. The van der Waals surface area contributed by atoms with E-state index in [1.807, 2.05) is 6.92 Å². The number of carbonyl (C=O) groups excluding carboxylic acids is 1. The van der Waals surface area contributed by atoms with Crippen LogP contribution in [0, 0.1) is 16.7 Å². The highest BCUT2D eigenvalue weighted by Crippen LogP contribution is 2.29. The molecule has 0 spiro atoms. The predicted molar refractivity (Wildman–Crippen MR) is 72.3 cm³/mol. The number of aromatic carboxylic acids is 1. The van der Waals surface area contributed by atoms with Gasteiger partial charge in [-0.25, -0.2) is 4.79 Å². The van der Waals surface area contributed by atoms with Gasteiger partial charge in [0.15, 0.2) is 0 Å². The standard InChI is InChI=1S/C15H16N2O3/c1-15(9-16)7-2-8-17(10-15)13(18)11-3-5-12(6-4-11)14(19)20/h3-6H,2,7-8,10H2,1H3,(H,19,20). The molecule has 20 heavy (non-hydrogen) atoms. The minimum absolute atomic E-state index is 0.150. The molecule has 1 aliphatic heterocycles. The second-order valence-corrected chi connectivity index (χ2v) is 5.39. The molecule has 1 heterocycles. The number of carboxylic acids is 1. The molecule has 104 valence electrons. The van der Waals surface area contributed by atoms with E-state index in [-0.39, 0.29) is 11.5 Å². The van der Waals surface area contributed by atoms with Crippen LogP contribution in [-0.4, -0.2) is 35.0 Å². The number of carbonyl (C=O) groups is 2. The summed E-state index contributed by atoms with van der Waals surface area (Å²) < 4.78 is 0. The molecule has 1 atom stereocenters. The van der Waals surface area contributed by atoms with Gasteiger partial charge < -0.3 is 10.0 Å². The van der Waals surface area contributed by atoms with Crippen molar-refractivity contribution in [2.75, 3.05) is 13.1 Å². The summed E-state index contributed by atoms with van der Waals surface area (Å²) in [6.07, 6.45) is 1.61. The summed E-state index contributed by atoms with van der Waals surface area (Å²) in [6.45, 7) is 2.92. The SMILES string of the molecule is CC1(C#N)CCCN(C(=O)c2ccc(C(=O)O)cc2)C1. The van der Waals surface area contributed by atoms with Gasteiger partial charge in [0.05, 0.1) is 17.0 Å². The van der Waals surface area contributed by atoms with Crippen molar-refractivity contribution in [2.45, 2.75) is 19.8 Å². The first-order valence-electron chi connectivity index (χ1n) is 6.49. The van der Waals surface area contributed by atoms with Crippen molar-refractivity contribution in [2.24, 2.45) is 5.41 Å². The van der Waals surface area contributed by atoms with Crippen LogP contribution in [0.1, 0.15) is 40.5 Å². The van der Waals surface area contributed by atoms with Crippen molar-refractivity contribution >= 4 is 11.9 Å². The molecule has 0 aliphatic carbocycles.